The first kappa shape index (κ1) is 18.3. The number of halogens is 3. The van der Waals surface area contributed by atoms with Crippen molar-refractivity contribution in [2.45, 2.75) is 37.8 Å². The molecule has 0 saturated heterocycles. The first-order valence-corrected chi connectivity index (χ1v) is 8.90. The van der Waals surface area contributed by atoms with Gasteiger partial charge in [0.15, 0.2) is 0 Å². The molecule has 1 amide bonds. The number of hydrogen-bond acceptors (Lipinski definition) is 2. The number of anilines is 1. The highest BCUT2D eigenvalue weighted by molar-refractivity contribution is 6.34. The number of alkyl halides is 3. The molecule has 5 nitrogen and oxygen atoms in total. The number of aryl methyl sites for hydroxylation is 1. The molecule has 4 rings (SSSR count). The highest BCUT2D eigenvalue weighted by atomic mass is 19.4. The number of carbonyl (C=O) groups excluding carboxylic acids is 1. The Kier molecular flexibility index (Phi) is 4.28. The minimum Gasteiger partial charge on any atom is -0.481 e. The van der Waals surface area contributed by atoms with Crippen molar-refractivity contribution < 1.29 is 27.9 Å². The number of aliphatic carboxylic acids is 1. The van der Waals surface area contributed by atoms with Crippen LogP contribution in [0.1, 0.15) is 53.3 Å². The van der Waals surface area contributed by atoms with Crippen LogP contribution in [0.25, 0.3) is 11.6 Å². The van der Waals surface area contributed by atoms with Crippen LogP contribution < -0.4 is 5.32 Å². The number of carboxylic acids is 1. The summed E-state index contributed by atoms with van der Waals surface area (Å²) in [5.74, 6) is -1.45. The molecular weight excluding hydrogens is 373 g/mol. The summed E-state index contributed by atoms with van der Waals surface area (Å²) in [6, 6.07) is 4.95. The summed E-state index contributed by atoms with van der Waals surface area (Å²) in [6.07, 6.45) is -0.543. The molecule has 1 aromatic heterocycles. The quantitative estimate of drug-likeness (QED) is 0.679. The molecule has 0 spiro atoms. The topological polar surface area (TPSA) is 82.2 Å². The van der Waals surface area contributed by atoms with Crippen molar-refractivity contribution in [3.05, 3.63) is 52.3 Å². The van der Waals surface area contributed by atoms with Crippen molar-refractivity contribution in [1.29, 1.82) is 0 Å². The largest absolute Gasteiger partial charge is 0.481 e. The van der Waals surface area contributed by atoms with E-state index >= 15 is 0 Å². The maximum Gasteiger partial charge on any atom is 0.416 e. The van der Waals surface area contributed by atoms with Gasteiger partial charge in [-0.15, -0.1) is 0 Å². The van der Waals surface area contributed by atoms with Crippen molar-refractivity contribution in [2.75, 3.05) is 5.32 Å². The molecule has 1 aliphatic carbocycles. The maximum atomic E-state index is 13.0. The summed E-state index contributed by atoms with van der Waals surface area (Å²) in [5, 5.41) is 11.7. The number of aromatic amines is 1. The lowest BCUT2D eigenvalue weighted by atomic mass is 9.85. The summed E-state index contributed by atoms with van der Waals surface area (Å²) in [6.45, 7) is 0. The van der Waals surface area contributed by atoms with Gasteiger partial charge in [-0.25, -0.2) is 0 Å². The van der Waals surface area contributed by atoms with Gasteiger partial charge in [0.2, 0.25) is 0 Å². The van der Waals surface area contributed by atoms with E-state index < -0.39 is 23.6 Å². The van der Waals surface area contributed by atoms with Gasteiger partial charge in [0.25, 0.3) is 5.91 Å². The number of carbonyl (C=O) groups is 2. The Bertz CT molecular complexity index is 1000. The van der Waals surface area contributed by atoms with Gasteiger partial charge < -0.3 is 15.4 Å². The molecule has 3 N–H and O–H groups in total. The average Bonchev–Trinajstić information content (AvgIpc) is 3.15. The number of nitrogens with one attached hydrogen (secondary N) is 2. The van der Waals surface area contributed by atoms with Gasteiger partial charge in [-0.2, -0.15) is 13.2 Å². The predicted octanol–water partition coefficient (Wildman–Crippen LogP) is 4.42. The van der Waals surface area contributed by atoms with Gasteiger partial charge in [0, 0.05) is 22.6 Å². The molecule has 1 aliphatic heterocycles. The Morgan fingerprint density at radius 1 is 1.29 bits per heavy atom. The first-order chi connectivity index (χ1) is 13.2. The van der Waals surface area contributed by atoms with Crippen LogP contribution in [-0.4, -0.2) is 22.0 Å². The van der Waals surface area contributed by atoms with Crippen LogP contribution in [0.3, 0.4) is 0 Å². The molecule has 2 heterocycles. The fourth-order valence-corrected chi connectivity index (χ4v) is 3.95. The Labute approximate surface area is 158 Å². The van der Waals surface area contributed by atoms with E-state index in [-0.39, 0.29) is 23.5 Å². The second-order valence-electron chi connectivity index (χ2n) is 7.12. The summed E-state index contributed by atoms with van der Waals surface area (Å²) in [7, 11) is 0. The predicted molar refractivity (Wildman–Crippen MR) is 96.7 cm³/mol. The van der Waals surface area contributed by atoms with E-state index in [0.717, 1.165) is 42.7 Å². The van der Waals surface area contributed by atoms with Crippen molar-refractivity contribution in [1.82, 2.24) is 4.98 Å². The van der Waals surface area contributed by atoms with E-state index in [0.29, 0.717) is 11.4 Å². The third kappa shape index (κ3) is 3.30. The standard InChI is InChI=1S/C20H17F3N2O3/c21-20(22,23)11-4-5-17-14(7-11)15(19(28)25-17)9-12-8-13-10(6-18(26)27)2-1-3-16(13)24-12/h4-5,7-10,24H,1-3,6H2,(H,25,28)(H,26,27). The van der Waals surface area contributed by atoms with Gasteiger partial charge in [-0.05, 0) is 61.1 Å². The van der Waals surface area contributed by atoms with Crippen LogP contribution in [0.5, 0.6) is 0 Å². The molecule has 0 saturated carbocycles. The molecule has 28 heavy (non-hydrogen) atoms. The molecule has 0 fully saturated rings. The lowest BCUT2D eigenvalue weighted by molar-refractivity contribution is -0.138. The zero-order valence-corrected chi connectivity index (χ0v) is 14.7. The number of hydrogen-bond donors (Lipinski definition) is 3. The Hall–Kier alpha value is -3.03. The highest BCUT2D eigenvalue weighted by Crippen LogP contribution is 2.39. The fraction of sp³-hybridized carbons (Fsp3) is 0.300. The molecular formula is C20H17F3N2O3. The lowest BCUT2D eigenvalue weighted by Gasteiger charge is -2.20. The molecule has 146 valence electrons. The minimum atomic E-state index is -4.50. The summed E-state index contributed by atoms with van der Waals surface area (Å²) < 4.78 is 39.1. The number of benzene rings is 1. The monoisotopic (exact) mass is 390 g/mol. The Morgan fingerprint density at radius 3 is 2.79 bits per heavy atom. The molecule has 0 radical (unpaired) electrons. The fourth-order valence-electron chi connectivity index (χ4n) is 3.95. The van der Waals surface area contributed by atoms with Crippen LogP contribution in [0, 0.1) is 0 Å². The average molecular weight is 390 g/mol. The maximum absolute atomic E-state index is 13.0. The van der Waals surface area contributed by atoms with Crippen LogP contribution >= 0.6 is 0 Å². The normalized spacial score (nSPS) is 20.0. The Morgan fingerprint density at radius 2 is 2.07 bits per heavy atom. The molecule has 8 heteroatoms. The van der Waals surface area contributed by atoms with Crippen molar-refractivity contribution in [2.24, 2.45) is 0 Å². The van der Waals surface area contributed by atoms with Crippen molar-refractivity contribution >= 4 is 29.2 Å². The molecule has 1 aromatic carbocycles. The van der Waals surface area contributed by atoms with Crippen LogP contribution in [-0.2, 0) is 22.2 Å². The summed E-state index contributed by atoms with van der Waals surface area (Å²) >= 11 is 0. The number of fused-ring (bicyclic) bond motifs is 2. The third-order valence-corrected chi connectivity index (χ3v) is 5.22. The van der Waals surface area contributed by atoms with Crippen LogP contribution in [0.4, 0.5) is 18.9 Å². The number of aromatic nitrogens is 1. The minimum absolute atomic E-state index is 0.0269. The molecule has 0 bridgehead atoms. The van der Waals surface area contributed by atoms with Gasteiger partial charge in [-0.1, -0.05) is 0 Å². The zero-order chi connectivity index (χ0) is 20.1. The van der Waals surface area contributed by atoms with Gasteiger partial charge in [-0.3, -0.25) is 9.59 Å². The molecule has 1 unspecified atom stereocenters. The second kappa shape index (κ2) is 6.54. The van der Waals surface area contributed by atoms with E-state index in [9.17, 15) is 22.8 Å². The molecule has 2 aromatic rings. The Balaban J connectivity index is 1.72. The molecule has 1 atom stereocenters. The first-order valence-electron chi connectivity index (χ1n) is 8.90. The van der Waals surface area contributed by atoms with E-state index in [1.54, 1.807) is 6.07 Å². The number of carboxylic acid groups (broad SMARTS) is 1. The van der Waals surface area contributed by atoms with E-state index in [4.69, 9.17) is 5.11 Å². The van der Waals surface area contributed by atoms with Crippen LogP contribution in [0.15, 0.2) is 24.3 Å². The number of H-pyrrole nitrogens is 1. The van der Waals surface area contributed by atoms with Crippen molar-refractivity contribution in [3.63, 3.8) is 0 Å². The number of amides is 1. The lowest BCUT2D eigenvalue weighted by Crippen LogP contribution is -2.12. The van der Waals surface area contributed by atoms with Gasteiger partial charge in [0.05, 0.1) is 17.6 Å². The smallest absolute Gasteiger partial charge is 0.416 e. The van der Waals surface area contributed by atoms with E-state index in [2.05, 4.69) is 10.3 Å². The van der Waals surface area contributed by atoms with Gasteiger partial charge in [0.1, 0.15) is 0 Å². The van der Waals surface area contributed by atoms with Gasteiger partial charge >= 0.3 is 12.1 Å². The SMILES string of the molecule is O=C(O)CC1CCCc2[nH]c(C=C3C(=O)Nc4ccc(C(F)(F)F)cc43)cc21. The third-order valence-electron chi connectivity index (χ3n) is 5.22. The van der Waals surface area contributed by atoms with Crippen LogP contribution in [0.2, 0.25) is 0 Å². The summed E-state index contributed by atoms with van der Waals surface area (Å²) in [4.78, 5) is 26.6. The van der Waals surface area contributed by atoms with E-state index in [1.165, 1.54) is 12.1 Å². The van der Waals surface area contributed by atoms with E-state index in [1.807, 2.05) is 0 Å². The van der Waals surface area contributed by atoms with Crippen molar-refractivity contribution in [3.8, 4) is 0 Å². The molecule has 2 aliphatic rings. The second-order valence-corrected chi connectivity index (χ2v) is 7.12. The zero-order valence-electron chi connectivity index (χ0n) is 14.7. The summed E-state index contributed by atoms with van der Waals surface area (Å²) in [5.41, 5.74) is 2.28. The highest BCUT2D eigenvalue weighted by Gasteiger charge is 2.34. The number of rotatable bonds is 3.